The molecule has 0 spiro atoms. The van der Waals surface area contributed by atoms with Gasteiger partial charge in [-0.05, 0) is 38.3 Å². The first kappa shape index (κ1) is 16.5. The molecule has 112 valence electrons. The second-order valence-corrected chi connectivity index (χ2v) is 5.28. The lowest BCUT2D eigenvalue weighted by atomic mass is 10.1. The molecule has 0 amide bonds. The number of nitrogens with zero attached hydrogens (tertiary/aromatic N) is 2. The Bertz CT molecular complexity index is 450. The SMILES string of the molecule is CCCCN(CCCC)c1nc(C)cc(C)c1C(=O)O. The van der Waals surface area contributed by atoms with Gasteiger partial charge in [0.1, 0.15) is 11.4 Å². The Hall–Kier alpha value is -1.58. The predicted molar refractivity (Wildman–Crippen MR) is 82.7 cm³/mol. The van der Waals surface area contributed by atoms with Crippen molar-refractivity contribution in [2.24, 2.45) is 0 Å². The summed E-state index contributed by atoms with van der Waals surface area (Å²) in [5.41, 5.74) is 2.02. The largest absolute Gasteiger partial charge is 0.478 e. The number of pyridine rings is 1. The van der Waals surface area contributed by atoms with E-state index in [1.165, 1.54) is 0 Å². The summed E-state index contributed by atoms with van der Waals surface area (Å²) in [6.45, 7) is 9.79. The van der Waals surface area contributed by atoms with E-state index in [2.05, 4.69) is 23.7 Å². The molecule has 1 rings (SSSR count). The summed E-state index contributed by atoms with van der Waals surface area (Å²) in [5.74, 6) is -0.250. The molecule has 0 fully saturated rings. The number of carbonyl (C=O) groups is 1. The molecule has 1 N–H and O–H groups in total. The normalized spacial score (nSPS) is 10.6. The van der Waals surface area contributed by atoms with Gasteiger partial charge in [-0.25, -0.2) is 9.78 Å². The number of rotatable bonds is 8. The zero-order valence-electron chi connectivity index (χ0n) is 13.1. The van der Waals surface area contributed by atoms with Crippen LogP contribution in [-0.4, -0.2) is 29.1 Å². The number of hydrogen-bond acceptors (Lipinski definition) is 3. The van der Waals surface area contributed by atoms with Gasteiger partial charge in [-0.1, -0.05) is 26.7 Å². The van der Waals surface area contributed by atoms with Gasteiger partial charge in [0.25, 0.3) is 0 Å². The minimum atomic E-state index is -0.886. The highest BCUT2D eigenvalue weighted by Gasteiger charge is 2.20. The van der Waals surface area contributed by atoms with Crippen LogP contribution < -0.4 is 4.90 Å². The molecule has 0 saturated carbocycles. The van der Waals surface area contributed by atoms with Crippen LogP contribution in [0.15, 0.2) is 6.07 Å². The van der Waals surface area contributed by atoms with Crippen molar-refractivity contribution in [3.8, 4) is 0 Å². The minimum Gasteiger partial charge on any atom is -0.478 e. The molecule has 0 saturated heterocycles. The Morgan fingerprint density at radius 1 is 1.20 bits per heavy atom. The van der Waals surface area contributed by atoms with Crippen molar-refractivity contribution in [3.63, 3.8) is 0 Å². The summed E-state index contributed by atoms with van der Waals surface area (Å²) in [6.07, 6.45) is 4.29. The average Bonchev–Trinajstić information content (AvgIpc) is 2.37. The maximum absolute atomic E-state index is 11.5. The number of aromatic nitrogens is 1. The van der Waals surface area contributed by atoms with Crippen molar-refractivity contribution in [2.45, 2.75) is 53.4 Å². The lowest BCUT2D eigenvalue weighted by Gasteiger charge is -2.26. The molecular formula is C16H26N2O2. The van der Waals surface area contributed by atoms with E-state index in [1.807, 2.05) is 19.9 Å². The second-order valence-electron chi connectivity index (χ2n) is 5.28. The highest BCUT2D eigenvalue weighted by molar-refractivity contribution is 5.95. The van der Waals surface area contributed by atoms with Crippen LogP contribution in [-0.2, 0) is 0 Å². The van der Waals surface area contributed by atoms with Crippen molar-refractivity contribution >= 4 is 11.8 Å². The molecule has 0 atom stereocenters. The monoisotopic (exact) mass is 278 g/mol. The first-order valence-corrected chi connectivity index (χ1v) is 7.47. The van der Waals surface area contributed by atoms with Gasteiger partial charge in [0, 0.05) is 18.8 Å². The van der Waals surface area contributed by atoms with Gasteiger partial charge in [-0.2, -0.15) is 0 Å². The van der Waals surface area contributed by atoms with E-state index in [9.17, 15) is 9.90 Å². The summed E-state index contributed by atoms with van der Waals surface area (Å²) in [4.78, 5) is 18.2. The fraction of sp³-hybridized carbons (Fsp3) is 0.625. The standard InChI is InChI=1S/C16H26N2O2/c1-5-7-9-18(10-8-6-2)15-14(16(19)20)12(3)11-13(4)17-15/h11H,5-10H2,1-4H3,(H,19,20). The van der Waals surface area contributed by atoms with Gasteiger partial charge in [-0.15, -0.1) is 0 Å². The van der Waals surface area contributed by atoms with Crippen LogP contribution in [0.5, 0.6) is 0 Å². The van der Waals surface area contributed by atoms with Crippen LogP contribution in [0.3, 0.4) is 0 Å². The van der Waals surface area contributed by atoms with Gasteiger partial charge in [0.15, 0.2) is 0 Å². The van der Waals surface area contributed by atoms with Crippen LogP contribution in [0.2, 0.25) is 0 Å². The first-order valence-electron chi connectivity index (χ1n) is 7.47. The second kappa shape index (κ2) is 7.88. The fourth-order valence-corrected chi connectivity index (χ4v) is 2.33. The number of anilines is 1. The summed E-state index contributed by atoms with van der Waals surface area (Å²) < 4.78 is 0. The van der Waals surface area contributed by atoms with Crippen molar-refractivity contribution in [1.29, 1.82) is 0 Å². The summed E-state index contributed by atoms with van der Waals surface area (Å²) in [6, 6.07) is 1.84. The number of carboxylic acid groups (broad SMARTS) is 1. The molecule has 0 aromatic carbocycles. The van der Waals surface area contributed by atoms with Gasteiger partial charge >= 0.3 is 5.97 Å². The van der Waals surface area contributed by atoms with E-state index in [-0.39, 0.29) is 0 Å². The van der Waals surface area contributed by atoms with E-state index in [4.69, 9.17) is 0 Å². The lowest BCUT2D eigenvalue weighted by molar-refractivity contribution is 0.0696. The van der Waals surface area contributed by atoms with E-state index in [0.717, 1.165) is 50.0 Å². The molecular weight excluding hydrogens is 252 g/mol. The molecule has 0 aliphatic heterocycles. The van der Waals surface area contributed by atoms with E-state index in [1.54, 1.807) is 0 Å². The van der Waals surface area contributed by atoms with Crippen molar-refractivity contribution in [3.05, 3.63) is 22.9 Å². The van der Waals surface area contributed by atoms with E-state index < -0.39 is 5.97 Å². The van der Waals surface area contributed by atoms with Crippen LogP contribution in [0.4, 0.5) is 5.82 Å². The van der Waals surface area contributed by atoms with Gasteiger partial charge in [0.2, 0.25) is 0 Å². The third-order valence-electron chi connectivity index (χ3n) is 3.40. The zero-order chi connectivity index (χ0) is 15.1. The molecule has 1 heterocycles. The quantitative estimate of drug-likeness (QED) is 0.785. The Kier molecular flexibility index (Phi) is 6.49. The van der Waals surface area contributed by atoms with Gasteiger partial charge in [0.05, 0.1) is 0 Å². The topological polar surface area (TPSA) is 53.4 Å². The number of carboxylic acids is 1. The Morgan fingerprint density at radius 2 is 1.75 bits per heavy atom. The molecule has 1 aromatic heterocycles. The Labute approximate surface area is 121 Å². The number of aryl methyl sites for hydroxylation is 2. The molecule has 4 nitrogen and oxygen atoms in total. The molecule has 0 radical (unpaired) electrons. The van der Waals surface area contributed by atoms with Crippen molar-refractivity contribution < 1.29 is 9.90 Å². The molecule has 0 aliphatic carbocycles. The van der Waals surface area contributed by atoms with Crippen LogP contribution >= 0.6 is 0 Å². The Morgan fingerprint density at radius 3 is 2.20 bits per heavy atom. The van der Waals surface area contributed by atoms with Crippen LogP contribution in [0.1, 0.15) is 61.1 Å². The van der Waals surface area contributed by atoms with Crippen molar-refractivity contribution in [1.82, 2.24) is 4.98 Å². The number of unbranched alkanes of at least 4 members (excludes halogenated alkanes) is 2. The maximum Gasteiger partial charge on any atom is 0.339 e. The molecule has 0 aliphatic rings. The third-order valence-corrected chi connectivity index (χ3v) is 3.40. The van der Waals surface area contributed by atoms with Gasteiger partial charge in [-0.3, -0.25) is 0 Å². The van der Waals surface area contributed by atoms with E-state index >= 15 is 0 Å². The lowest BCUT2D eigenvalue weighted by Crippen LogP contribution is -2.29. The highest BCUT2D eigenvalue weighted by Crippen LogP contribution is 2.23. The summed E-state index contributed by atoms with van der Waals surface area (Å²) in [5, 5.41) is 9.47. The number of hydrogen-bond donors (Lipinski definition) is 1. The first-order chi connectivity index (χ1) is 9.51. The molecule has 1 aromatic rings. The maximum atomic E-state index is 11.5. The Balaban J connectivity index is 3.18. The minimum absolute atomic E-state index is 0.350. The van der Waals surface area contributed by atoms with Crippen molar-refractivity contribution in [2.75, 3.05) is 18.0 Å². The smallest absolute Gasteiger partial charge is 0.339 e. The zero-order valence-corrected chi connectivity index (χ0v) is 13.1. The van der Waals surface area contributed by atoms with Gasteiger partial charge < -0.3 is 10.0 Å². The van der Waals surface area contributed by atoms with Crippen LogP contribution in [0.25, 0.3) is 0 Å². The molecule has 0 bridgehead atoms. The molecule has 20 heavy (non-hydrogen) atoms. The predicted octanol–water partition coefficient (Wildman–Crippen LogP) is 3.80. The van der Waals surface area contributed by atoms with Crippen LogP contribution in [0, 0.1) is 13.8 Å². The van der Waals surface area contributed by atoms with E-state index in [0.29, 0.717) is 11.4 Å². The molecule has 4 heteroatoms. The number of aromatic carboxylic acids is 1. The molecule has 0 unspecified atom stereocenters. The summed E-state index contributed by atoms with van der Waals surface area (Å²) >= 11 is 0. The third kappa shape index (κ3) is 4.22. The summed E-state index contributed by atoms with van der Waals surface area (Å²) in [7, 11) is 0. The highest BCUT2D eigenvalue weighted by atomic mass is 16.4. The fourth-order valence-electron chi connectivity index (χ4n) is 2.33. The average molecular weight is 278 g/mol.